The largest absolute Gasteiger partial charge is 0.462 e. The molecule has 2 aromatic rings. The first-order valence-electron chi connectivity index (χ1n) is 6.41. The number of fused-ring (bicyclic) bond motifs is 1. The molecular weight excluding hydrogens is 258 g/mol. The number of carbonyl (C=O) groups is 2. The normalized spacial score (nSPS) is 10.3. The second-order valence-corrected chi connectivity index (χ2v) is 4.02. The van der Waals surface area contributed by atoms with Gasteiger partial charge in [-0.3, -0.25) is 0 Å². The van der Waals surface area contributed by atoms with Gasteiger partial charge in [0.25, 0.3) is 0 Å². The number of esters is 2. The number of pyridine rings is 1. The minimum Gasteiger partial charge on any atom is -0.462 e. The van der Waals surface area contributed by atoms with Crippen LogP contribution in [0.5, 0.6) is 0 Å². The van der Waals surface area contributed by atoms with E-state index in [2.05, 4.69) is 4.98 Å². The lowest BCUT2D eigenvalue weighted by Crippen LogP contribution is -2.16. The summed E-state index contributed by atoms with van der Waals surface area (Å²) in [6.07, 6.45) is 0. The fraction of sp³-hybridized carbons (Fsp3) is 0.267. The number of nitrogens with zero attached hydrogens (tertiary/aromatic N) is 1. The molecular formula is C15H15NO4. The van der Waals surface area contributed by atoms with E-state index >= 15 is 0 Å². The Morgan fingerprint density at radius 3 is 2.40 bits per heavy atom. The molecule has 20 heavy (non-hydrogen) atoms. The maximum absolute atomic E-state index is 11.9. The van der Waals surface area contributed by atoms with Gasteiger partial charge in [0.1, 0.15) is 0 Å². The number of benzene rings is 1. The van der Waals surface area contributed by atoms with Gasteiger partial charge in [-0.05, 0) is 26.0 Å². The number of rotatable bonds is 4. The zero-order valence-electron chi connectivity index (χ0n) is 11.4. The fourth-order valence-electron chi connectivity index (χ4n) is 1.84. The van der Waals surface area contributed by atoms with E-state index in [4.69, 9.17) is 9.47 Å². The van der Waals surface area contributed by atoms with Crippen LogP contribution in [0, 0.1) is 0 Å². The predicted octanol–water partition coefficient (Wildman–Crippen LogP) is 2.59. The van der Waals surface area contributed by atoms with Crippen LogP contribution in [-0.2, 0) is 9.47 Å². The van der Waals surface area contributed by atoms with E-state index in [-0.39, 0.29) is 24.5 Å². The number of aromatic nitrogens is 1. The molecule has 1 heterocycles. The molecule has 0 saturated heterocycles. The van der Waals surface area contributed by atoms with Crippen LogP contribution in [0.4, 0.5) is 0 Å². The van der Waals surface area contributed by atoms with Gasteiger partial charge in [0, 0.05) is 5.39 Å². The van der Waals surface area contributed by atoms with E-state index < -0.39 is 11.9 Å². The first kappa shape index (κ1) is 14.0. The average Bonchev–Trinajstić information content (AvgIpc) is 2.46. The first-order chi connectivity index (χ1) is 9.67. The number of hydrogen-bond donors (Lipinski definition) is 0. The average molecular weight is 273 g/mol. The van der Waals surface area contributed by atoms with Crippen molar-refractivity contribution in [2.45, 2.75) is 13.8 Å². The number of carbonyl (C=O) groups excluding carboxylic acids is 2. The van der Waals surface area contributed by atoms with Crippen LogP contribution in [0.1, 0.15) is 34.7 Å². The van der Waals surface area contributed by atoms with Crippen molar-refractivity contribution in [3.8, 4) is 0 Å². The molecule has 0 bridgehead atoms. The quantitative estimate of drug-likeness (QED) is 0.801. The van der Waals surface area contributed by atoms with Crippen molar-refractivity contribution in [1.82, 2.24) is 4.98 Å². The summed E-state index contributed by atoms with van der Waals surface area (Å²) in [5, 5.41) is 0.767. The Morgan fingerprint density at radius 1 is 1.05 bits per heavy atom. The minimum atomic E-state index is -0.624. The van der Waals surface area contributed by atoms with Crippen molar-refractivity contribution in [3.63, 3.8) is 0 Å². The molecule has 0 fully saturated rings. The molecule has 1 aromatic heterocycles. The number of ether oxygens (including phenoxy) is 2. The summed E-state index contributed by atoms with van der Waals surface area (Å²) < 4.78 is 9.90. The topological polar surface area (TPSA) is 65.5 Å². The van der Waals surface area contributed by atoms with Crippen LogP contribution in [0.2, 0.25) is 0 Å². The second-order valence-electron chi connectivity index (χ2n) is 4.02. The Balaban J connectivity index is 2.58. The summed E-state index contributed by atoms with van der Waals surface area (Å²) in [5.74, 6) is -1.20. The lowest BCUT2D eigenvalue weighted by molar-refractivity contribution is 0.0474. The highest BCUT2D eigenvalue weighted by molar-refractivity contribution is 6.04. The molecule has 5 nitrogen and oxygen atoms in total. The van der Waals surface area contributed by atoms with Crippen LogP contribution >= 0.6 is 0 Å². The van der Waals surface area contributed by atoms with E-state index in [9.17, 15) is 9.59 Å². The number of para-hydroxylation sites is 1. The highest BCUT2D eigenvalue weighted by Gasteiger charge is 2.21. The van der Waals surface area contributed by atoms with E-state index in [1.54, 1.807) is 26.0 Å². The Labute approximate surface area is 116 Å². The third kappa shape index (κ3) is 2.77. The Kier molecular flexibility index (Phi) is 4.30. The van der Waals surface area contributed by atoms with Crippen molar-refractivity contribution in [2.24, 2.45) is 0 Å². The van der Waals surface area contributed by atoms with E-state index in [0.29, 0.717) is 5.52 Å². The van der Waals surface area contributed by atoms with Gasteiger partial charge >= 0.3 is 11.9 Å². The molecule has 0 N–H and O–H groups in total. The van der Waals surface area contributed by atoms with Gasteiger partial charge in [0.2, 0.25) is 0 Å². The smallest absolute Gasteiger partial charge is 0.357 e. The summed E-state index contributed by atoms with van der Waals surface area (Å²) >= 11 is 0. The summed E-state index contributed by atoms with van der Waals surface area (Å²) in [7, 11) is 0. The van der Waals surface area contributed by atoms with Gasteiger partial charge in [0.05, 0.1) is 24.3 Å². The summed E-state index contributed by atoms with van der Waals surface area (Å²) in [5.41, 5.74) is 0.747. The highest BCUT2D eigenvalue weighted by Crippen LogP contribution is 2.18. The van der Waals surface area contributed by atoms with Crippen LogP contribution in [-0.4, -0.2) is 30.1 Å². The monoisotopic (exact) mass is 273 g/mol. The summed E-state index contributed by atoms with van der Waals surface area (Å²) in [6.45, 7) is 3.85. The molecule has 0 aliphatic carbocycles. The van der Waals surface area contributed by atoms with E-state index in [0.717, 1.165) is 5.39 Å². The zero-order chi connectivity index (χ0) is 14.5. The van der Waals surface area contributed by atoms with Crippen LogP contribution in [0.3, 0.4) is 0 Å². The molecule has 0 atom stereocenters. The lowest BCUT2D eigenvalue weighted by Gasteiger charge is -2.09. The third-order valence-electron chi connectivity index (χ3n) is 2.69. The van der Waals surface area contributed by atoms with E-state index in [1.165, 1.54) is 0 Å². The number of hydrogen-bond acceptors (Lipinski definition) is 5. The zero-order valence-corrected chi connectivity index (χ0v) is 11.4. The van der Waals surface area contributed by atoms with Gasteiger partial charge in [-0.25, -0.2) is 14.6 Å². The summed E-state index contributed by atoms with van der Waals surface area (Å²) in [6, 6.07) is 8.84. The maximum Gasteiger partial charge on any atom is 0.357 e. The molecule has 0 saturated carbocycles. The summed E-state index contributed by atoms with van der Waals surface area (Å²) in [4.78, 5) is 28.1. The highest BCUT2D eigenvalue weighted by atomic mass is 16.5. The van der Waals surface area contributed by atoms with Gasteiger partial charge in [-0.15, -0.1) is 0 Å². The SMILES string of the molecule is CCOC(=O)c1cc2ccccc2nc1C(=O)OCC. The molecule has 0 aliphatic heterocycles. The standard InChI is InChI=1S/C15H15NO4/c1-3-19-14(17)11-9-10-7-5-6-8-12(10)16-13(11)15(18)20-4-2/h5-9H,3-4H2,1-2H3. The van der Waals surface area contributed by atoms with Gasteiger partial charge < -0.3 is 9.47 Å². The molecule has 0 unspecified atom stereocenters. The molecule has 5 heteroatoms. The third-order valence-corrected chi connectivity index (χ3v) is 2.69. The van der Waals surface area contributed by atoms with Crippen LogP contribution in [0.15, 0.2) is 30.3 Å². The fourth-order valence-corrected chi connectivity index (χ4v) is 1.84. The Hall–Kier alpha value is -2.43. The van der Waals surface area contributed by atoms with E-state index in [1.807, 2.05) is 18.2 Å². The molecule has 0 radical (unpaired) electrons. The molecule has 0 aliphatic rings. The molecule has 2 rings (SSSR count). The Morgan fingerprint density at radius 2 is 1.70 bits per heavy atom. The van der Waals surface area contributed by atoms with Crippen LogP contribution < -0.4 is 0 Å². The van der Waals surface area contributed by atoms with Crippen molar-refractivity contribution in [3.05, 3.63) is 41.6 Å². The first-order valence-corrected chi connectivity index (χ1v) is 6.41. The predicted molar refractivity (Wildman–Crippen MR) is 73.7 cm³/mol. The molecule has 1 aromatic carbocycles. The van der Waals surface area contributed by atoms with Gasteiger partial charge in [-0.1, -0.05) is 18.2 Å². The van der Waals surface area contributed by atoms with Gasteiger partial charge in [0.15, 0.2) is 5.69 Å². The minimum absolute atomic E-state index is 0.0102. The van der Waals surface area contributed by atoms with Crippen molar-refractivity contribution in [2.75, 3.05) is 13.2 Å². The van der Waals surface area contributed by atoms with Crippen molar-refractivity contribution >= 4 is 22.8 Å². The molecule has 0 amide bonds. The van der Waals surface area contributed by atoms with Gasteiger partial charge in [-0.2, -0.15) is 0 Å². The molecule has 104 valence electrons. The van der Waals surface area contributed by atoms with Crippen molar-refractivity contribution in [1.29, 1.82) is 0 Å². The lowest BCUT2D eigenvalue weighted by atomic mass is 10.1. The van der Waals surface area contributed by atoms with Crippen LogP contribution in [0.25, 0.3) is 10.9 Å². The second kappa shape index (κ2) is 6.14. The molecule has 0 spiro atoms. The maximum atomic E-state index is 11.9. The Bertz CT molecular complexity index is 595. The van der Waals surface area contributed by atoms with Crippen molar-refractivity contribution < 1.29 is 19.1 Å².